The fourth-order valence-corrected chi connectivity index (χ4v) is 2.31. The predicted molar refractivity (Wildman–Crippen MR) is 78.6 cm³/mol. The summed E-state index contributed by atoms with van der Waals surface area (Å²) in [6, 6.07) is 9.49. The van der Waals surface area contributed by atoms with Crippen LogP contribution in [0.2, 0.25) is 0 Å². The highest BCUT2D eigenvalue weighted by atomic mass is 16.2. The van der Waals surface area contributed by atoms with Gasteiger partial charge in [-0.25, -0.2) is 4.79 Å². The number of nitrogens with one attached hydrogen (secondary N) is 2. The second-order valence-corrected chi connectivity index (χ2v) is 5.05. The molecule has 5 heteroatoms. The minimum Gasteiger partial charge on any atom is -0.338 e. The lowest BCUT2D eigenvalue weighted by molar-refractivity contribution is -0.117. The Morgan fingerprint density at radius 3 is 2.75 bits per heavy atom. The van der Waals surface area contributed by atoms with Crippen LogP contribution < -0.4 is 15.5 Å². The maximum Gasteiger partial charge on any atom is 0.314 e. The predicted octanol–water partition coefficient (Wildman–Crippen LogP) is 1.75. The zero-order valence-corrected chi connectivity index (χ0v) is 11.8. The first-order valence-corrected chi connectivity index (χ1v) is 7.07. The van der Waals surface area contributed by atoms with Crippen LogP contribution in [0.5, 0.6) is 0 Å². The monoisotopic (exact) mass is 275 g/mol. The van der Waals surface area contributed by atoms with E-state index in [9.17, 15) is 9.59 Å². The molecule has 1 fully saturated rings. The van der Waals surface area contributed by atoms with Crippen LogP contribution >= 0.6 is 0 Å². The molecule has 1 aliphatic rings. The molecule has 2 rings (SSSR count). The number of benzene rings is 1. The van der Waals surface area contributed by atoms with Crippen LogP contribution in [-0.2, 0) is 4.79 Å². The molecule has 20 heavy (non-hydrogen) atoms. The lowest BCUT2D eigenvalue weighted by Crippen LogP contribution is -2.39. The standard InChI is InChI=1S/C15H21N3O2/c1-2-8-16-15(20)17-10-12-9-14(19)18(11-12)13-6-4-3-5-7-13/h3-7,12H,2,8-11H2,1H3,(H2,16,17,20). The molecule has 1 unspecified atom stereocenters. The zero-order valence-electron chi connectivity index (χ0n) is 11.8. The molecule has 1 aliphatic heterocycles. The van der Waals surface area contributed by atoms with Crippen molar-refractivity contribution in [2.45, 2.75) is 19.8 Å². The van der Waals surface area contributed by atoms with Crippen LogP contribution in [-0.4, -0.2) is 31.6 Å². The molecule has 1 aromatic rings. The van der Waals surface area contributed by atoms with Crippen molar-refractivity contribution in [3.8, 4) is 0 Å². The Balaban J connectivity index is 1.82. The van der Waals surface area contributed by atoms with Crippen molar-refractivity contribution in [3.63, 3.8) is 0 Å². The smallest absolute Gasteiger partial charge is 0.314 e. The first-order valence-electron chi connectivity index (χ1n) is 7.07. The summed E-state index contributed by atoms with van der Waals surface area (Å²) < 4.78 is 0. The maximum absolute atomic E-state index is 12.0. The third kappa shape index (κ3) is 3.73. The fraction of sp³-hybridized carbons (Fsp3) is 0.467. The third-order valence-electron chi connectivity index (χ3n) is 3.36. The first kappa shape index (κ1) is 14.4. The molecular weight excluding hydrogens is 254 g/mol. The minimum atomic E-state index is -0.155. The van der Waals surface area contributed by atoms with E-state index in [4.69, 9.17) is 0 Å². The fourth-order valence-electron chi connectivity index (χ4n) is 2.31. The third-order valence-corrected chi connectivity index (χ3v) is 3.36. The SMILES string of the molecule is CCCNC(=O)NCC1CC(=O)N(c2ccccc2)C1. The van der Waals surface area contributed by atoms with Crippen LogP contribution in [0.3, 0.4) is 0 Å². The van der Waals surface area contributed by atoms with Crippen molar-refractivity contribution in [2.75, 3.05) is 24.5 Å². The molecule has 1 aromatic carbocycles. The van der Waals surface area contributed by atoms with Crippen molar-refractivity contribution < 1.29 is 9.59 Å². The van der Waals surface area contributed by atoms with E-state index in [-0.39, 0.29) is 17.9 Å². The second kappa shape index (κ2) is 6.93. The first-order chi connectivity index (χ1) is 9.70. The maximum atomic E-state index is 12.0. The molecule has 0 aliphatic carbocycles. The van der Waals surface area contributed by atoms with Gasteiger partial charge in [-0.1, -0.05) is 25.1 Å². The van der Waals surface area contributed by atoms with Gasteiger partial charge in [-0.3, -0.25) is 4.79 Å². The highest BCUT2D eigenvalue weighted by molar-refractivity contribution is 5.95. The highest BCUT2D eigenvalue weighted by Crippen LogP contribution is 2.24. The summed E-state index contributed by atoms with van der Waals surface area (Å²) in [7, 11) is 0. The summed E-state index contributed by atoms with van der Waals surface area (Å²) in [5.41, 5.74) is 0.926. The van der Waals surface area contributed by atoms with Gasteiger partial charge in [-0.15, -0.1) is 0 Å². The van der Waals surface area contributed by atoms with Crippen LogP contribution in [0.25, 0.3) is 0 Å². The van der Waals surface area contributed by atoms with Crippen molar-refractivity contribution in [1.29, 1.82) is 0 Å². The summed E-state index contributed by atoms with van der Waals surface area (Å²) >= 11 is 0. The molecule has 0 aromatic heterocycles. The topological polar surface area (TPSA) is 61.4 Å². The summed E-state index contributed by atoms with van der Waals surface area (Å²) in [5.74, 6) is 0.298. The van der Waals surface area contributed by atoms with Crippen molar-refractivity contribution in [3.05, 3.63) is 30.3 Å². The Bertz CT molecular complexity index is 461. The van der Waals surface area contributed by atoms with E-state index < -0.39 is 0 Å². The van der Waals surface area contributed by atoms with Crippen LogP contribution in [0.15, 0.2) is 30.3 Å². The molecular formula is C15H21N3O2. The number of hydrogen-bond donors (Lipinski definition) is 2. The Morgan fingerprint density at radius 1 is 1.30 bits per heavy atom. The molecule has 3 amide bonds. The number of para-hydroxylation sites is 1. The minimum absolute atomic E-state index is 0.122. The molecule has 0 bridgehead atoms. The number of anilines is 1. The van der Waals surface area contributed by atoms with Gasteiger partial charge in [0, 0.05) is 37.7 Å². The van der Waals surface area contributed by atoms with E-state index in [1.165, 1.54) is 0 Å². The molecule has 1 atom stereocenters. The Labute approximate surface area is 119 Å². The largest absolute Gasteiger partial charge is 0.338 e. The number of carbonyl (C=O) groups excluding carboxylic acids is 2. The van der Waals surface area contributed by atoms with Crippen molar-refractivity contribution in [2.24, 2.45) is 5.92 Å². The molecule has 0 saturated carbocycles. The molecule has 1 heterocycles. The Hall–Kier alpha value is -2.04. The Kier molecular flexibility index (Phi) is 4.98. The number of amides is 3. The van der Waals surface area contributed by atoms with Crippen LogP contribution in [0.1, 0.15) is 19.8 Å². The average molecular weight is 275 g/mol. The van der Waals surface area contributed by atoms with Crippen molar-refractivity contribution in [1.82, 2.24) is 10.6 Å². The van der Waals surface area contributed by atoms with Gasteiger partial charge >= 0.3 is 6.03 Å². The summed E-state index contributed by atoms with van der Waals surface area (Å²) in [6.45, 7) is 3.88. The lowest BCUT2D eigenvalue weighted by Gasteiger charge is -2.16. The van der Waals surface area contributed by atoms with E-state index >= 15 is 0 Å². The number of carbonyl (C=O) groups is 2. The highest BCUT2D eigenvalue weighted by Gasteiger charge is 2.30. The van der Waals surface area contributed by atoms with Gasteiger partial charge in [0.25, 0.3) is 0 Å². The molecule has 0 spiro atoms. The lowest BCUT2D eigenvalue weighted by atomic mass is 10.1. The normalized spacial score (nSPS) is 18.1. The van der Waals surface area contributed by atoms with E-state index in [1.807, 2.05) is 37.3 Å². The van der Waals surface area contributed by atoms with E-state index in [1.54, 1.807) is 4.90 Å². The van der Waals surface area contributed by atoms with E-state index in [0.717, 1.165) is 12.1 Å². The van der Waals surface area contributed by atoms with Crippen LogP contribution in [0.4, 0.5) is 10.5 Å². The van der Waals surface area contributed by atoms with Crippen molar-refractivity contribution >= 4 is 17.6 Å². The van der Waals surface area contributed by atoms with E-state index in [2.05, 4.69) is 10.6 Å². The molecule has 2 N–H and O–H groups in total. The Morgan fingerprint density at radius 2 is 2.05 bits per heavy atom. The van der Waals surface area contributed by atoms with Gasteiger partial charge in [-0.2, -0.15) is 0 Å². The number of hydrogen-bond acceptors (Lipinski definition) is 2. The summed E-state index contributed by atoms with van der Waals surface area (Å²) in [6.07, 6.45) is 1.40. The number of rotatable bonds is 5. The summed E-state index contributed by atoms with van der Waals surface area (Å²) in [5, 5.41) is 5.58. The van der Waals surface area contributed by atoms with Gasteiger partial charge in [0.2, 0.25) is 5.91 Å². The molecule has 5 nitrogen and oxygen atoms in total. The van der Waals surface area contributed by atoms with Gasteiger partial charge in [0.15, 0.2) is 0 Å². The van der Waals surface area contributed by atoms with Crippen LogP contribution in [0, 0.1) is 5.92 Å². The number of nitrogens with zero attached hydrogens (tertiary/aromatic N) is 1. The quantitative estimate of drug-likeness (QED) is 0.860. The van der Waals surface area contributed by atoms with Gasteiger partial charge in [0.1, 0.15) is 0 Å². The molecule has 108 valence electrons. The molecule has 1 saturated heterocycles. The average Bonchev–Trinajstić information content (AvgIpc) is 2.85. The molecule has 0 radical (unpaired) electrons. The van der Waals surface area contributed by atoms with Gasteiger partial charge in [-0.05, 0) is 18.6 Å². The van der Waals surface area contributed by atoms with Gasteiger partial charge in [0.05, 0.1) is 0 Å². The second-order valence-electron chi connectivity index (χ2n) is 5.05. The zero-order chi connectivity index (χ0) is 14.4. The number of urea groups is 1. The van der Waals surface area contributed by atoms with E-state index in [0.29, 0.717) is 26.1 Å². The van der Waals surface area contributed by atoms with Gasteiger partial charge < -0.3 is 15.5 Å². The summed E-state index contributed by atoms with van der Waals surface area (Å²) in [4.78, 5) is 25.3.